The Balaban J connectivity index is 1.61. The summed E-state index contributed by atoms with van der Waals surface area (Å²) in [6, 6.07) is 25.8. The molecule has 3 aromatic rings. The number of rotatable bonds is 18. The summed E-state index contributed by atoms with van der Waals surface area (Å²) in [6.07, 6.45) is 0.976. The van der Waals surface area contributed by atoms with Crippen LogP contribution in [0.25, 0.3) is 0 Å². The molecule has 1 heterocycles. The van der Waals surface area contributed by atoms with Crippen LogP contribution in [-0.4, -0.2) is 64.6 Å². The lowest BCUT2D eigenvalue weighted by Gasteiger charge is -2.50. The van der Waals surface area contributed by atoms with Gasteiger partial charge in [-0.15, -0.1) is 6.58 Å². The van der Waals surface area contributed by atoms with Crippen LogP contribution in [0.5, 0.6) is 11.5 Å². The summed E-state index contributed by atoms with van der Waals surface area (Å²) in [6.45, 7) is 21.4. The first kappa shape index (κ1) is 40.1. The maximum Gasteiger partial charge on any atom is 0.410 e. The minimum absolute atomic E-state index is 0.135. The predicted octanol–water partition coefficient (Wildman–Crippen LogP) is 9.89. The van der Waals surface area contributed by atoms with E-state index in [1.54, 1.807) is 18.1 Å². The van der Waals surface area contributed by atoms with E-state index in [4.69, 9.17) is 28.1 Å². The van der Waals surface area contributed by atoms with Gasteiger partial charge in [0.15, 0.2) is 6.29 Å². The fourth-order valence-electron chi connectivity index (χ4n) is 7.65. The molecule has 0 saturated carbocycles. The summed E-state index contributed by atoms with van der Waals surface area (Å²) in [5.41, 5.74) is 4.07. The molecule has 0 bridgehead atoms. The maximum absolute atomic E-state index is 13.7. The smallest absolute Gasteiger partial charge is 0.410 e. The van der Waals surface area contributed by atoms with E-state index < -0.39 is 14.6 Å². The monoisotopic (exact) mass is 717 g/mol. The number of methoxy groups -OCH3 is 1. The molecule has 0 radical (unpaired) electrons. The van der Waals surface area contributed by atoms with E-state index in [-0.39, 0.29) is 30.8 Å². The van der Waals surface area contributed by atoms with Crippen molar-refractivity contribution in [1.29, 1.82) is 0 Å². The summed E-state index contributed by atoms with van der Waals surface area (Å²) in [5, 5.41) is 0. The van der Waals surface area contributed by atoms with E-state index in [1.807, 2.05) is 73.7 Å². The Morgan fingerprint density at radius 1 is 0.863 bits per heavy atom. The first-order valence-electron chi connectivity index (χ1n) is 18.4. The summed E-state index contributed by atoms with van der Waals surface area (Å²) in [7, 11) is -0.711. The number of piperidine rings is 1. The fraction of sp³-hybridized carbons (Fsp3) is 0.500. The van der Waals surface area contributed by atoms with Gasteiger partial charge < -0.3 is 33.0 Å². The lowest BCUT2D eigenvalue weighted by molar-refractivity contribution is -0.0909. The quantitative estimate of drug-likeness (QED) is 0.0737. The summed E-state index contributed by atoms with van der Waals surface area (Å²) < 4.78 is 37.8. The highest BCUT2D eigenvalue weighted by Gasteiger charge is 2.51. The van der Waals surface area contributed by atoms with Crippen LogP contribution in [0.3, 0.4) is 0 Å². The van der Waals surface area contributed by atoms with Gasteiger partial charge in [0.25, 0.3) is 0 Å². The molecule has 1 saturated heterocycles. The van der Waals surface area contributed by atoms with Gasteiger partial charge in [-0.2, -0.15) is 0 Å². The van der Waals surface area contributed by atoms with Gasteiger partial charge in [-0.25, -0.2) is 4.79 Å². The van der Waals surface area contributed by atoms with Gasteiger partial charge in [0.2, 0.25) is 8.32 Å². The molecule has 1 fully saturated rings. The normalized spacial score (nSPS) is 18.6. The van der Waals surface area contributed by atoms with Gasteiger partial charge in [-0.3, -0.25) is 0 Å². The molecule has 9 heteroatoms. The van der Waals surface area contributed by atoms with Crippen LogP contribution in [0, 0.1) is 0 Å². The van der Waals surface area contributed by atoms with Crippen molar-refractivity contribution in [1.82, 2.24) is 4.90 Å². The largest absolute Gasteiger partial charge is 0.496 e. The topological polar surface area (TPSA) is 75.7 Å². The van der Waals surface area contributed by atoms with E-state index in [1.165, 1.54) is 0 Å². The number of para-hydroxylation sites is 1. The molecule has 0 aliphatic carbocycles. The summed E-state index contributed by atoms with van der Waals surface area (Å²) in [4.78, 5) is 15.4. The third kappa shape index (κ3) is 10.2. The van der Waals surface area contributed by atoms with Gasteiger partial charge in [0.05, 0.1) is 39.1 Å². The number of nitrogens with zero attached hydrogens (tertiary/aromatic N) is 1. The second-order valence-corrected chi connectivity index (χ2v) is 19.7. The van der Waals surface area contributed by atoms with Crippen LogP contribution < -0.4 is 9.47 Å². The van der Waals surface area contributed by atoms with Crippen LogP contribution in [0.4, 0.5) is 4.79 Å². The molecule has 4 rings (SSSR count). The van der Waals surface area contributed by atoms with Gasteiger partial charge in [0, 0.05) is 24.4 Å². The number of amides is 1. The number of hydrogen-bond donors (Lipinski definition) is 0. The van der Waals surface area contributed by atoms with E-state index >= 15 is 0 Å². The molecule has 0 aromatic heterocycles. The molecule has 3 aromatic carbocycles. The standard InChI is InChI=1S/C42H59NO7Si/c1-10-25-46-38-26-43(42(44)48-28-33-17-13-12-14-18-33)27-39(50-51(30(3)4,31(5)6)32(7)8)41(38)34-21-23-36(24-22-34)49-40(11-2)47-29-35-19-15-16-20-37(35)45-9/h10,12-24,30-32,38-41H,1,11,25-29H2,2-9H3. The molecule has 0 spiro atoms. The van der Waals surface area contributed by atoms with Gasteiger partial charge in [-0.1, -0.05) is 115 Å². The summed E-state index contributed by atoms with van der Waals surface area (Å²) >= 11 is 0. The van der Waals surface area contributed by atoms with E-state index in [0.717, 1.165) is 22.4 Å². The number of carbonyl (C=O) groups is 1. The third-order valence-electron chi connectivity index (χ3n) is 10.0. The zero-order valence-corrected chi connectivity index (χ0v) is 32.9. The van der Waals surface area contributed by atoms with Crippen molar-refractivity contribution in [2.24, 2.45) is 0 Å². The second kappa shape index (κ2) is 19.3. The minimum Gasteiger partial charge on any atom is -0.496 e. The number of carbonyl (C=O) groups excluding carboxylic acids is 1. The third-order valence-corrected chi connectivity index (χ3v) is 16.2. The molecule has 0 N–H and O–H groups in total. The van der Waals surface area contributed by atoms with Crippen molar-refractivity contribution in [3.63, 3.8) is 0 Å². The first-order chi connectivity index (χ1) is 24.5. The molecular formula is C42H59NO7Si. The Bertz CT molecular complexity index is 1470. The highest BCUT2D eigenvalue weighted by atomic mass is 28.4. The molecule has 1 amide bonds. The molecule has 4 atom stereocenters. The van der Waals surface area contributed by atoms with Gasteiger partial charge in [-0.05, 0) is 45.9 Å². The van der Waals surface area contributed by atoms with E-state index in [9.17, 15) is 4.79 Å². The second-order valence-electron chi connectivity index (χ2n) is 14.3. The number of hydrogen-bond acceptors (Lipinski definition) is 7. The Morgan fingerprint density at radius 3 is 2.10 bits per heavy atom. The number of ether oxygens (including phenoxy) is 5. The maximum atomic E-state index is 13.7. The van der Waals surface area contributed by atoms with Crippen molar-refractivity contribution < 1.29 is 32.9 Å². The predicted molar refractivity (Wildman–Crippen MR) is 206 cm³/mol. The molecule has 8 nitrogen and oxygen atoms in total. The Kier molecular flexibility index (Phi) is 15.2. The Hall–Kier alpha value is -3.63. The number of benzene rings is 3. The van der Waals surface area contributed by atoms with Crippen molar-refractivity contribution in [3.8, 4) is 11.5 Å². The molecule has 278 valence electrons. The van der Waals surface area contributed by atoms with Crippen molar-refractivity contribution in [3.05, 3.63) is 108 Å². The SMILES string of the molecule is C=CCOC1CN(C(=O)OCc2ccccc2)CC(O[Si](C(C)C)(C(C)C)C(C)C)C1c1ccc(OC(CC)OCc2ccccc2OC)cc1. The minimum atomic E-state index is -2.37. The average Bonchev–Trinajstić information content (AvgIpc) is 3.13. The molecule has 1 aliphatic heterocycles. The van der Waals surface area contributed by atoms with Crippen LogP contribution in [-0.2, 0) is 31.9 Å². The Labute approximate surface area is 307 Å². The van der Waals surface area contributed by atoms with E-state index in [2.05, 4.69) is 60.3 Å². The highest BCUT2D eigenvalue weighted by Crippen LogP contribution is 2.46. The highest BCUT2D eigenvalue weighted by molar-refractivity contribution is 6.77. The Morgan fingerprint density at radius 2 is 1.49 bits per heavy atom. The van der Waals surface area contributed by atoms with Crippen LogP contribution in [0.1, 0.15) is 77.5 Å². The fourth-order valence-corrected chi connectivity index (χ4v) is 13.2. The number of likely N-dealkylation sites (tertiary alicyclic amines) is 1. The van der Waals surface area contributed by atoms with Crippen molar-refractivity contribution in [2.75, 3.05) is 26.8 Å². The molecule has 1 aliphatic rings. The van der Waals surface area contributed by atoms with E-state index in [0.29, 0.717) is 55.1 Å². The lowest BCUT2D eigenvalue weighted by Crippen LogP contribution is -2.59. The van der Waals surface area contributed by atoms with Crippen LogP contribution >= 0.6 is 0 Å². The van der Waals surface area contributed by atoms with Crippen LogP contribution in [0.15, 0.2) is 91.5 Å². The zero-order chi connectivity index (χ0) is 37.0. The van der Waals surface area contributed by atoms with Crippen molar-refractivity contribution in [2.45, 2.75) is 109 Å². The summed E-state index contributed by atoms with van der Waals surface area (Å²) in [5.74, 6) is 1.37. The lowest BCUT2D eigenvalue weighted by atomic mass is 9.84. The molecule has 4 unspecified atom stereocenters. The van der Waals surface area contributed by atoms with Gasteiger partial charge in [0.1, 0.15) is 18.1 Å². The zero-order valence-electron chi connectivity index (χ0n) is 31.9. The first-order valence-corrected chi connectivity index (χ1v) is 20.5. The van der Waals surface area contributed by atoms with Gasteiger partial charge >= 0.3 is 6.09 Å². The molecule has 51 heavy (non-hydrogen) atoms. The van der Waals surface area contributed by atoms with Crippen LogP contribution in [0.2, 0.25) is 16.6 Å². The average molecular weight is 718 g/mol. The molecular weight excluding hydrogens is 659 g/mol. The van der Waals surface area contributed by atoms with Crippen molar-refractivity contribution >= 4 is 14.4 Å².